The van der Waals surface area contributed by atoms with Gasteiger partial charge in [0.2, 0.25) is 11.8 Å². The summed E-state index contributed by atoms with van der Waals surface area (Å²) in [5.41, 5.74) is 6.90. The standard InChI is InChI=1S/C54H69N7O7/c1-9-39(36-19-30(5)67-31(6)20-36)52(62)60-28(3)11-17-45(60)50-55-26-44(57-50)35-13-15-40-38(23-35)27-66-47-25-41-34(24-42(40)47)14-16-43-49(41)58-51(56-43)46-18-12-29(4)61(46)53(63)48(59-54(64)65-10-2)37-21-32(7)68-33(8)22-37/h13-16,23-26,28-33,36-37,39,45-46,48H,9-12,17-22,27H2,1-8H3,(H,55,57)(H,56,58)(H,59,64)/t28-,29?,30?,31?,32+,33?,36?,37?,39?,45+,46?,48?/m0/s1. The number of imidazole rings is 2. The van der Waals surface area contributed by atoms with E-state index in [4.69, 9.17) is 28.9 Å². The van der Waals surface area contributed by atoms with E-state index in [0.717, 1.165) is 112 Å². The fourth-order valence-electron chi connectivity index (χ4n) is 12.8. The Kier molecular flexibility index (Phi) is 12.8. The lowest BCUT2D eigenvalue weighted by atomic mass is 9.79. The number of nitrogens with zero attached hydrogens (tertiary/aromatic N) is 4. The highest BCUT2D eigenvalue weighted by atomic mass is 16.5. The molecule has 0 spiro atoms. The van der Waals surface area contributed by atoms with Crippen molar-refractivity contribution < 1.29 is 33.3 Å². The lowest BCUT2D eigenvalue weighted by molar-refractivity contribution is -0.144. The van der Waals surface area contributed by atoms with Gasteiger partial charge in [0.05, 0.1) is 66.0 Å². The summed E-state index contributed by atoms with van der Waals surface area (Å²) >= 11 is 0. The third-order valence-corrected chi connectivity index (χ3v) is 15.8. The minimum absolute atomic E-state index is 0.0215. The fraction of sp³-hybridized carbons (Fsp3) is 0.574. The number of H-pyrrole nitrogens is 2. The predicted molar refractivity (Wildman–Crippen MR) is 261 cm³/mol. The Morgan fingerprint density at radius 3 is 2.10 bits per heavy atom. The van der Waals surface area contributed by atoms with Crippen LogP contribution in [0.2, 0.25) is 0 Å². The molecule has 0 aliphatic carbocycles. The number of carbonyl (C=O) groups is 3. The molecule has 4 fully saturated rings. The van der Waals surface area contributed by atoms with Crippen LogP contribution in [0.25, 0.3) is 44.2 Å². The first-order valence-electron chi connectivity index (χ1n) is 25.4. The Bertz CT molecular complexity index is 2680. The molecule has 14 nitrogen and oxygen atoms in total. The SMILES string of the molecule is CCOC(=O)NC(C(=O)N1C(C)CCC1c1nc2c(ccc3cc4c(cc32)OCc2cc(-c3cnc([C@H]5CC[C@H](C)N5C(=O)C(CC)C5CC(C)OC(C)C5)[nH]3)ccc2-4)[nH]1)C1CC(C)O[C@H](C)C1. The number of likely N-dealkylation sites (tertiary alicyclic amines) is 2. The molecule has 362 valence electrons. The topological polar surface area (TPSA) is 164 Å². The Labute approximate surface area is 399 Å². The van der Waals surface area contributed by atoms with E-state index < -0.39 is 12.1 Å². The maximum Gasteiger partial charge on any atom is 0.407 e. The number of alkyl carbamates (subject to hydrolysis) is 1. The van der Waals surface area contributed by atoms with E-state index in [1.165, 1.54) is 0 Å². The molecule has 14 heteroatoms. The summed E-state index contributed by atoms with van der Waals surface area (Å²) in [6.45, 7) is 17.1. The number of ether oxygens (including phenoxy) is 4. The molecule has 4 saturated heterocycles. The van der Waals surface area contributed by atoms with Crippen LogP contribution < -0.4 is 10.1 Å². The Hall–Kier alpha value is -5.47. The molecular formula is C54H69N7O7. The molecule has 68 heavy (non-hydrogen) atoms. The van der Waals surface area contributed by atoms with Crippen molar-refractivity contribution >= 4 is 39.7 Å². The molecule has 3 amide bonds. The molecule has 5 aromatic rings. The van der Waals surface area contributed by atoms with Crippen LogP contribution in [0.5, 0.6) is 5.75 Å². The predicted octanol–water partition coefficient (Wildman–Crippen LogP) is 10.3. The number of carbonyl (C=O) groups excluding carboxylic acids is 3. The molecule has 8 unspecified atom stereocenters. The van der Waals surface area contributed by atoms with Gasteiger partial charge in [0.15, 0.2) is 0 Å². The van der Waals surface area contributed by atoms with Crippen molar-refractivity contribution in [1.29, 1.82) is 0 Å². The number of hydrogen-bond acceptors (Lipinski definition) is 9. The molecule has 10 rings (SSSR count). The molecular weight excluding hydrogens is 859 g/mol. The molecule has 11 atom stereocenters. The average Bonchev–Trinajstić information content (AvgIpc) is 4.13. The molecule has 0 saturated carbocycles. The third kappa shape index (κ3) is 8.64. The quantitative estimate of drug-likeness (QED) is 0.124. The maximum atomic E-state index is 14.7. The van der Waals surface area contributed by atoms with Crippen LogP contribution in [0.3, 0.4) is 0 Å². The van der Waals surface area contributed by atoms with Gasteiger partial charge in [0, 0.05) is 29.0 Å². The zero-order valence-electron chi connectivity index (χ0n) is 41.0. The van der Waals surface area contributed by atoms with Gasteiger partial charge in [-0.1, -0.05) is 25.1 Å². The van der Waals surface area contributed by atoms with Crippen LogP contribution in [0.4, 0.5) is 4.79 Å². The van der Waals surface area contributed by atoms with Crippen molar-refractivity contribution in [3.8, 4) is 28.1 Å². The summed E-state index contributed by atoms with van der Waals surface area (Å²) in [4.78, 5) is 63.4. The van der Waals surface area contributed by atoms with E-state index in [0.29, 0.717) is 25.4 Å². The van der Waals surface area contributed by atoms with Crippen LogP contribution in [-0.2, 0) is 30.4 Å². The van der Waals surface area contributed by atoms with Crippen LogP contribution >= 0.6 is 0 Å². The summed E-state index contributed by atoms with van der Waals surface area (Å²) in [7, 11) is 0. The highest BCUT2D eigenvalue weighted by molar-refractivity contribution is 6.07. The average molecular weight is 928 g/mol. The molecule has 7 heterocycles. The second-order valence-corrected chi connectivity index (χ2v) is 20.7. The van der Waals surface area contributed by atoms with Crippen molar-refractivity contribution in [2.24, 2.45) is 17.8 Å². The Morgan fingerprint density at radius 2 is 1.43 bits per heavy atom. The lowest BCUT2D eigenvalue weighted by Crippen LogP contribution is -2.55. The number of fused-ring (bicyclic) bond motifs is 6. The van der Waals surface area contributed by atoms with E-state index in [-0.39, 0.29) is 78.8 Å². The van der Waals surface area contributed by atoms with Crippen molar-refractivity contribution in [2.75, 3.05) is 6.61 Å². The van der Waals surface area contributed by atoms with Gasteiger partial charge in [-0.05, 0) is 164 Å². The van der Waals surface area contributed by atoms with Crippen LogP contribution in [0.15, 0.2) is 48.7 Å². The van der Waals surface area contributed by atoms with Gasteiger partial charge in [0.25, 0.3) is 0 Å². The molecule has 5 aliphatic rings. The first-order chi connectivity index (χ1) is 32.8. The third-order valence-electron chi connectivity index (χ3n) is 15.8. The molecule has 5 aliphatic heterocycles. The number of amides is 3. The molecule has 0 bridgehead atoms. The van der Waals surface area contributed by atoms with Gasteiger partial charge in [0.1, 0.15) is 30.0 Å². The fourth-order valence-corrected chi connectivity index (χ4v) is 12.8. The first-order valence-corrected chi connectivity index (χ1v) is 25.4. The number of rotatable bonds is 10. The van der Waals surface area contributed by atoms with Gasteiger partial charge in [-0.25, -0.2) is 14.8 Å². The van der Waals surface area contributed by atoms with E-state index in [9.17, 15) is 14.4 Å². The second-order valence-electron chi connectivity index (χ2n) is 20.7. The second kappa shape index (κ2) is 18.8. The molecule has 3 aromatic carbocycles. The van der Waals surface area contributed by atoms with E-state index >= 15 is 0 Å². The van der Waals surface area contributed by atoms with Gasteiger partial charge < -0.3 is 44.0 Å². The van der Waals surface area contributed by atoms with Crippen LogP contribution in [0.1, 0.15) is 142 Å². The lowest BCUT2D eigenvalue weighted by Gasteiger charge is -2.39. The van der Waals surface area contributed by atoms with Crippen molar-refractivity contribution in [1.82, 2.24) is 35.1 Å². The Balaban J connectivity index is 0.889. The van der Waals surface area contributed by atoms with Crippen LogP contribution in [-0.4, -0.2) is 96.8 Å². The van der Waals surface area contributed by atoms with E-state index in [1.54, 1.807) is 6.92 Å². The maximum absolute atomic E-state index is 14.7. The van der Waals surface area contributed by atoms with E-state index in [2.05, 4.69) is 97.3 Å². The normalized spacial score (nSPS) is 29.1. The first kappa shape index (κ1) is 46.3. The molecule has 0 radical (unpaired) electrons. The van der Waals surface area contributed by atoms with E-state index in [1.807, 2.05) is 24.9 Å². The van der Waals surface area contributed by atoms with Gasteiger partial charge >= 0.3 is 6.09 Å². The summed E-state index contributed by atoms with van der Waals surface area (Å²) in [5.74, 6) is 2.73. The minimum atomic E-state index is -0.742. The zero-order chi connectivity index (χ0) is 47.5. The summed E-state index contributed by atoms with van der Waals surface area (Å²) in [6.07, 6.45) is 9.02. The van der Waals surface area contributed by atoms with Crippen molar-refractivity contribution in [3.05, 3.63) is 65.9 Å². The van der Waals surface area contributed by atoms with Crippen molar-refractivity contribution in [2.45, 2.75) is 174 Å². The minimum Gasteiger partial charge on any atom is -0.488 e. The zero-order valence-corrected chi connectivity index (χ0v) is 41.0. The van der Waals surface area contributed by atoms with Crippen molar-refractivity contribution in [3.63, 3.8) is 0 Å². The number of benzene rings is 3. The smallest absolute Gasteiger partial charge is 0.407 e. The van der Waals surface area contributed by atoms with Gasteiger partial charge in [-0.2, -0.15) is 0 Å². The summed E-state index contributed by atoms with van der Waals surface area (Å²) in [5, 5.41) is 4.97. The number of aromatic amines is 2. The van der Waals surface area contributed by atoms with Gasteiger partial charge in [-0.3, -0.25) is 9.59 Å². The molecule has 3 N–H and O–H groups in total. The Morgan fingerprint density at radius 1 is 0.765 bits per heavy atom. The van der Waals surface area contributed by atoms with Gasteiger partial charge in [-0.15, -0.1) is 0 Å². The highest BCUT2D eigenvalue weighted by Gasteiger charge is 2.45. The monoisotopic (exact) mass is 928 g/mol. The number of aromatic nitrogens is 4. The van der Waals surface area contributed by atoms with Crippen LogP contribution in [0, 0.1) is 17.8 Å². The largest absolute Gasteiger partial charge is 0.488 e. The summed E-state index contributed by atoms with van der Waals surface area (Å²) < 4.78 is 23.9. The summed E-state index contributed by atoms with van der Waals surface area (Å²) in [6, 6.07) is 14.0. The number of hydrogen-bond donors (Lipinski definition) is 3. The number of nitrogens with one attached hydrogen (secondary N) is 3. The highest BCUT2D eigenvalue weighted by Crippen LogP contribution is 2.45. The molecule has 2 aromatic heterocycles.